The maximum absolute atomic E-state index is 12.5. The number of hydrogen-bond acceptors (Lipinski definition) is 5. The average Bonchev–Trinajstić information content (AvgIpc) is 3.12. The number of nitrogens with one attached hydrogen (secondary N) is 1. The number of carbonyl (C=O) groups is 2. The molecule has 0 spiro atoms. The van der Waals surface area contributed by atoms with Gasteiger partial charge in [0.05, 0.1) is 23.4 Å². The van der Waals surface area contributed by atoms with Gasteiger partial charge in [0.1, 0.15) is 12.3 Å². The van der Waals surface area contributed by atoms with E-state index in [1.165, 1.54) is 0 Å². The van der Waals surface area contributed by atoms with Crippen molar-refractivity contribution in [2.24, 2.45) is 5.10 Å². The molecule has 1 atom stereocenters. The Morgan fingerprint density at radius 3 is 2.48 bits per heavy atom. The first kappa shape index (κ1) is 21.4. The maximum atomic E-state index is 12.5. The van der Waals surface area contributed by atoms with E-state index in [-0.39, 0.29) is 24.9 Å². The molecular formula is C20H18Cl3N3O3. The number of rotatable bonds is 6. The number of halogens is 3. The van der Waals surface area contributed by atoms with E-state index in [0.717, 1.165) is 5.56 Å². The van der Waals surface area contributed by atoms with E-state index >= 15 is 0 Å². The number of hydrazone groups is 1. The van der Waals surface area contributed by atoms with Crippen molar-refractivity contribution < 1.29 is 14.3 Å². The molecule has 152 valence electrons. The fourth-order valence-corrected chi connectivity index (χ4v) is 3.57. The van der Waals surface area contributed by atoms with Crippen molar-refractivity contribution in [3.05, 3.63) is 63.1 Å². The summed E-state index contributed by atoms with van der Waals surface area (Å²) >= 11 is 18.4. The second-order valence-corrected chi connectivity index (χ2v) is 7.53. The second kappa shape index (κ2) is 9.48. The molecule has 0 radical (unpaired) electrons. The number of amides is 1. The van der Waals surface area contributed by atoms with Gasteiger partial charge in [0.25, 0.3) is 5.91 Å². The quantitative estimate of drug-likeness (QED) is 0.646. The van der Waals surface area contributed by atoms with Gasteiger partial charge in [-0.15, -0.1) is 0 Å². The van der Waals surface area contributed by atoms with Gasteiger partial charge in [-0.1, -0.05) is 46.9 Å². The van der Waals surface area contributed by atoms with E-state index in [4.69, 9.17) is 39.5 Å². The number of nitrogens with zero attached hydrogens (tertiary/aromatic N) is 2. The topological polar surface area (TPSA) is 71.0 Å². The van der Waals surface area contributed by atoms with Crippen LogP contribution < -0.4 is 10.3 Å². The van der Waals surface area contributed by atoms with Crippen LogP contribution in [0.1, 0.15) is 24.9 Å². The molecule has 1 aliphatic heterocycles. The van der Waals surface area contributed by atoms with E-state index < -0.39 is 11.9 Å². The highest BCUT2D eigenvalue weighted by Crippen LogP contribution is 2.39. The summed E-state index contributed by atoms with van der Waals surface area (Å²) < 4.78 is 4.83. The molecule has 0 fully saturated rings. The van der Waals surface area contributed by atoms with E-state index in [1.54, 1.807) is 42.3 Å². The highest BCUT2D eigenvalue weighted by molar-refractivity contribution is 6.40. The third-order valence-corrected chi connectivity index (χ3v) is 5.07. The van der Waals surface area contributed by atoms with Crippen LogP contribution >= 0.6 is 34.8 Å². The molecule has 6 nitrogen and oxygen atoms in total. The zero-order chi connectivity index (χ0) is 21.0. The van der Waals surface area contributed by atoms with Crippen molar-refractivity contribution in [3.63, 3.8) is 0 Å². The summed E-state index contributed by atoms with van der Waals surface area (Å²) in [6, 6.07) is 12.1. The molecule has 1 unspecified atom stereocenters. The van der Waals surface area contributed by atoms with Gasteiger partial charge in [0, 0.05) is 16.5 Å². The van der Waals surface area contributed by atoms with Gasteiger partial charge in [0.15, 0.2) is 0 Å². The molecule has 9 heteroatoms. The van der Waals surface area contributed by atoms with Gasteiger partial charge in [-0.3, -0.25) is 14.6 Å². The first-order chi connectivity index (χ1) is 13.9. The minimum Gasteiger partial charge on any atom is -0.465 e. The number of carbonyl (C=O) groups excluding carboxylic acids is 2. The number of anilines is 1. The predicted octanol–water partition coefficient (Wildman–Crippen LogP) is 4.63. The Balaban J connectivity index is 1.88. The molecule has 1 heterocycles. The van der Waals surface area contributed by atoms with Crippen LogP contribution in [0.3, 0.4) is 0 Å². The summed E-state index contributed by atoms with van der Waals surface area (Å²) in [4.78, 5) is 24.1. The maximum Gasteiger partial charge on any atom is 0.325 e. The lowest BCUT2D eigenvalue weighted by Crippen LogP contribution is -2.35. The van der Waals surface area contributed by atoms with Crippen molar-refractivity contribution >= 4 is 58.1 Å². The molecule has 2 aromatic rings. The zero-order valence-electron chi connectivity index (χ0n) is 15.5. The minimum atomic E-state index is -0.508. The molecule has 0 bridgehead atoms. The van der Waals surface area contributed by atoms with Crippen LogP contribution in [0.2, 0.25) is 15.1 Å². The lowest BCUT2D eigenvalue weighted by molar-refractivity contribution is -0.142. The van der Waals surface area contributed by atoms with Crippen molar-refractivity contribution in [2.75, 3.05) is 18.2 Å². The summed E-state index contributed by atoms with van der Waals surface area (Å²) in [7, 11) is 0. The Hall–Kier alpha value is -2.28. The molecule has 0 saturated carbocycles. The smallest absolute Gasteiger partial charge is 0.325 e. The monoisotopic (exact) mass is 453 g/mol. The first-order valence-electron chi connectivity index (χ1n) is 8.90. The Kier molecular flexibility index (Phi) is 7.00. The summed E-state index contributed by atoms with van der Waals surface area (Å²) in [5, 5.41) is 10.2. The van der Waals surface area contributed by atoms with Crippen LogP contribution in [-0.4, -0.2) is 30.7 Å². The molecule has 1 aliphatic rings. The van der Waals surface area contributed by atoms with E-state index in [1.807, 2.05) is 12.1 Å². The molecule has 1 amide bonds. The van der Waals surface area contributed by atoms with Crippen molar-refractivity contribution in [3.8, 4) is 0 Å². The molecule has 0 aromatic heterocycles. The van der Waals surface area contributed by atoms with Crippen molar-refractivity contribution in [1.29, 1.82) is 0 Å². The molecule has 0 saturated heterocycles. The number of hydrogen-bond donors (Lipinski definition) is 1. The third kappa shape index (κ3) is 5.21. The SMILES string of the molecule is CCOC(=O)CNC(=O)C1=NN(c2ccc(Cl)cc2Cl)C(c2ccc(Cl)cc2)C1. The number of esters is 1. The second-order valence-electron chi connectivity index (χ2n) is 6.25. The molecule has 0 aliphatic carbocycles. The molecule has 29 heavy (non-hydrogen) atoms. The highest BCUT2D eigenvalue weighted by atomic mass is 35.5. The largest absolute Gasteiger partial charge is 0.465 e. The van der Waals surface area contributed by atoms with Crippen LogP contribution in [0.25, 0.3) is 0 Å². The van der Waals surface area contributed by atoms with Gasteiger partial charge >= 0.3 is 5.97 Å². The lowest BCUT2D eigenvalue weighted by atomic mass is 10.0. The summed E-state index contributed by atoms with van der Waals surface area (Å²) in [6.45, 7) is 1.72. The van der Waals surface area contributed by atoms with Crippen molar-refractivity contribution in [1.82, 2.24) is 5.32 Å². The summed E-state index contributed by atoms with van der Waals surface area (Å²) in [6.07, 6.45) is 0.329. The summed E-state index contributed by atoms with van der Waals surface area (Å²) in [5.74, 6) is -0.948. The molecule has 3 rings (SSSR count). The Bertz CT molecular complexity index is 948. The van der Waals surface area contributed by atoms with Crippen LogP contribution in [0.5, 0.6) is 0 Å². The van der Waals surface area contributed by atoms with E-state index in [2.05, 4.69) is 10.4 Å². The average molecular weight is 455 g/mol. The Morgan fingerprint density at radius 1 is 1.14 bits per heavy atom. The van der Waals surface area contributed by atoms with E-state index in [9.17, 15) is 9.59 Å². The van der Waals surface area contributed by atoms with Gasteiger partial charge < -0.3 is 10.1 Å². The number of benzene rings is 2. The fraction of sp³-hybridized carbons (Fsp3) is 0.250. The molecule has 1 N–H and O–H groups in total. The molecular weight excluding hydrogens is 437 g/mol. The number of ether oxygens (including phenoxy) is 1. The highest BCUT2D eigenvalue weighted by Gasteiger charge is 2.33. The Labute approximate surface area is 183 Å². The summed E-state index contributed by atoms with van der Waals surface area (Å²) in [5.41, 5.74) is 1.81. The standard InChI is InChI=1S/C20H18Cl3N3O3/c1-2-29-19(27)11-24-20(28)16-10-18(12-3-5-13(21)6-4-12)26(25-16)17-8-7-14(22)9-15(17)23/h3-9,18H,2,10-11H2,1H3,(H,24,28). The normalized spacial score (nSPS) is 15.8. The van der Waals surface area contributed by atoms with Crippen LogP contribution in [0.4, 0.5) is 5.69 Å². The zero-order valence-corrected chi connectivity index (χ0v) is 17.8. The minimum absolute atomic E-state index is 0.223. The molecule has 2 aromatic carbocycles. The lowest BCUT2D eigenvalue weighted by Gasteiger charge is -2.25. The third-order valence-electron chi connectivity index (χ3n) is 4.28. The first-order valence-corrected chi connectivity index (χ1v) is 10.0. The Morgan fingerprint density at radius 2 is 1.83 bits per heavy atom. The van der Waals surface area contributed by atoms with Gasteiger partial charge in [-0.25, -0.2) is 0 Å². The van der Waals surface area contributed by atoms with Crippen molar-refractivity contribution in [2.45, 2.75) is 19.4 Å². The van der Waals surface area contributed by atoms with Gasteiger partial charge in [-0.2, -0.15) is 5.10 Å². The van der Waals surface area contributed by atoms with Crippen LogP contribution in [0, 0.1) is 0 Å². The predicted molar refractivity (Wildman–Crippen MR) is 115 cm³/mol. The van der Waals surface area contributed by atoms with E-state index in [0.29, 0.717) is 27.2 Å². The van der Waals surface area contributed by atoms with Gasteiger partial charge in [-0.05, 0) is 42.8 Å². The fourth-order valence-electron chi connectivity index (χ4n) is 2.95. The van der Waals surface area contributed by atoms with Gasteiger partial charge in [0.2, 0.25) is 0 Å². The van der Waals surface area contributed by atoms with Crippen LogP contribution in [-0.2, 0) is 14.3 Å². The van der Waals surface area contributed by atoms with Crippen LogP contribution in [0.15, 0.2) is 47.6 Å².